The van der Waals surface area contributed by atoms with Crippen molar-refractivity contribution in [3.8, 4) is 0 Å². The second-order valence-electron chi connectivity index (χ2n) is 6.00. The van der Waals surface area contributed by atoms with Gasteiger partial charge < -0.3 is 10.1 Å². The summed E-state index contributed by atoms with van der Waals surface area (Å²) in [6.07, 6.45) is -0.893. The van der Waals surface area contributed by atoms with Crippen LogP contribution in [0.4, 0.5) is 0 Å². The molecule has 2 aromatic carbocycles. The van der Waals surface area contributed by atoms with E-state index in [4.69, 9.17) is 27.9 Å². The third-order valence-electron chi connectivity index (χ3n) is 4.13. The number of amides is 1. The lowest BCUT2D eigenvalue weighted by atomic mass is 10.2. The Labute approximate surface area is 168 Å². The van der Waals surface area contributed by atoms with Gasteiger partial charge in [-0.05, 0) is 29.8 Å². The number of ether oxygens (including phenoxy) is 1. The van der Waals surface area contributed by atoms with Crippen LogP contribution in [0, 0.1) is 0 Å². The number of hydrogen-bond acceptors (Lipinski definition) is 4. The number of carbonyl (C=O) groups is 1. The van der Waals surface area contributed by atoms with E-state index in [0.717, 1.165) is 5.56 Å². The van der Waals surface area contributed by atoms with Crippen LogP contribution in [0.25, 0.3) is 0 Å². The molecule has 6 nitrogen and oxygen atoms in total. The molecule has 0 bridgehead atoms. The summed E-state index contributed by atoms with van der Waals surface area (Å²) >= 11 is 12.0. The van der Waals surface area contributed by atoms with Gasteiger partial charge >= 0.3 is 0 Å². The molecule has 1 fully saturated rings. The van der Waals surface area contributed by atoms with Crippen LogP contribution in [0.2, 0.25) is 10.0 Å². The van der Waals surface area contributed by atoms with Crippen molar-refractivity contribution < 1.29 is 17.9 Å². The molecule has 0 unspecified atom stereocenters. The van der Waals surface area contributed by atoms with Crippen molar-refractivity contribution in [2.24, 2.45) is 0 Å². The van der Waals surface area contributed by atoms with E-state index in [0.29, 0.717) is 5.02 Å². The third-order valence-corrected chi connectivity index (χ3v) is 6.73. The lowest BCUT2D eigenvalue weighted by Crippen LogP contribution is -2.51. The summed E-state index contributed by atoms with van der Waals surface area (Å²) < 4.78 is 32.4. The highest BCUT2D eigenvalue weighted by atomic mass is 35.5. The molecule has 27 heavy (non-hydrogen) atoms. The molecule has 0 aromatic heterocycles. The van der Waals surface area contributed by atoms with Crippen molar-refractivity contribution in [1.82, 2.24) is 9.62 Å². The van der Waals surface area contributed by atoms with Gasteiger partial charge in [0.05, 0.1) is 11.6 Å². The highest BCUT2D eigenvalue weighted by Gasteiger charge is 2.34. The van der Waals surface area contributed by atoms with E-state index in [2.05, 4.69) is 5.32 Å². The minimum Gasteiger partial charge on any atom is -0.366 e. The van der Waals surface area contributed by atoms with Crippen LogP contribution in [0.5, 0.6) is 0 Å². The van der Waals surface area contributed by atoms with Gasteiger partial charge in [0.1, 0.15) is 11.0 Å². The van der Waals surface area contributed by atoms with E-state index < -0.39 is 16.1 Å². The lowest BCUT2D eigenvalue weighted by molar-refractivity contribution is -0.136. The number of halogens is 2. The van der Waals surface area contributed by atoms with Crippen molar-refractivity contribution in [1.29, 1.82) is 0 Å². The summed E-state index contributed by atoms with van der Waals surface area (Å²) in [7, 11) is -3.81. The van der Waals surface area contributed by atoms with Gasteiger partial charge in [-0.15, -0.1) is 0 Å². The van der Waals surface area contributed by atoms with Gasteiger partial charge in [-0.2, -0.15) is 4.31 Å². The maximum Gasteiger partial charge on any atom is 0.250 e. The first-order chi connectivity index (χ1) is 12.9. The number of morpholine rings is 1. The number of nitrogens with one attached hydrogen (secondary N) is 1. The van der Waals surface area contributed by atoms with Gasteiger partial charge in [-0.1, -0.05) is 47.5 Å². The summed E-state index contributed by atoms with van der Waals surface area (Å²) in [5.41, 5.74) is 0.840. The summed E-state index contributed by atoms with van der Waals surface area (Å²) in [5.74, 6) is -0.381. The molecule has 3 rings (SSSR count). The summed E-state index contributed by atoms with van der Waals surface area (Å²) in [5, 5.41) is 3.47. The molecular weight excluding hydrogens is 411 g/mol. The molecule has 1 saturated heterocycles. The van der Waals surface area contributed by atoms with Crippen molar-refractivity contribution >= 4 is 39.1 Å². The molecule has 1 N–H and O–H groups in total. The van der Waals surface area contributed by atoms with E-state index in [-0.39, 0.29) is 42.1 Å². The molecule has 144 valence electrons. The van der Waals surface area contributed by atoms with Gasteiger partial charge in [0, 0.05) is 24.7 Å². The van der Waals surface area contributed by atoms with Gasteiger partial charge in [0.15, 0.2) is 0 Å². The van der Waals surface area contributed by atoms with E-state index in [1.807, 2.05) is 6.07 Å². The number of sulfonamides is 1. The SMILES string of the molecule is O=C(NCc1cccc(Cl)c1)[C@@H]1CN(S(=O)(=O)c2ccccc2Cl)CCO1. The molecule has 9 heteroatoms. The Hall–Kier alpha value is -1.64. The van der Waals surface area contributed by atoms with Gasteiger partial charge in [-0.3, -0.25) is 4.79 Å². The molecule has 0 aliphatic carbocycles. The van der Waals surface area contributed by atoms with Crippen LogP contribution in [-0.4, -0.2) is 44.4 Å². The van der Waals surface area contributed by atoms with E-state index >= 15 is 0 Å². The van der Waals surface area contributed by atoms with Crippen molar-refractivity contribution in [2.45, 2.75) is 17.5 Å². The standard InChI is InChI=1S/C18H18Cl2N2O4S/c19-14-5-3-4-13(10-14)11-21-18(23)16-12-22(8-9-26-16)27(24,25)17-7-2-1-6-15(17)20/h1-7,10,16H,8-9,11-12H2,(H,21,23)/t16-/m0/s1. The Kier molecular flexibility index (Phi) is 6.39. The average molecular weight is 429 g/mol. The quantitative estimate of drug-likeness (QED) is 0.793. The van der Waals surface area contributed by atoms with Gasteiger partial charge in [0.25, 0.3) is 5.91 Å². The molecule has 2 aromatic rings. The van der Waals surface area contributed by atoms with Crippen LogP contribution in [0.15, 0.2) is 53.4 Å². The van der Waals surface area contributed by atoms with Gasteiger partial charge in [0.2, 0.25) is 10.0 Å². The zero-order valence-corrected chi connectivity index (χ0v) is 16.6. The van der Waals surface area contributed by atoms with Gasteiger partial charge in [-0.25, -0.2) is 8.42 Å². The summed E-state index contributed by atoms with van der Waals surface area (Å²) in [4.78, 5) is 12.4. The monoisotopic (exact) mass is 428 g/mol. The molecule has 1 aliphatic heterocycles. The Morgan fingerprint density at radius 1 is 1.19 bits per heavy atom. The smallest absolute Gasteiger partial charge is 0.250 e. The molecule has 1 aliphatic rings. The molecule has 1 atom stereocenters. The first-order valence-electron chi connectivity index (χ1n) is 8.26. The highest BCUT2D eigenvalue weighted by molar-refractivity contribution is 7.89. The number of carbonyl (C=O) groups excluding carboxylic acids is 1. The second kappa shape index (κ2) is 8.58. The lowest BCUT2D eigenvalue weighted by Gasteiger charge is -2.31. The first-order valence-corrected chi connectivity index (χ1v) is 10.5. The fourth-order valence-electron chi connectivity index (χ4n) is 2.75. The third kappa shape index (κ3) is 4.80. The maximum absolute atomic E-state index is 12.8. The summed E-state index contributed by atoms with van der Waals surface area (Å²) in [6, 6.07) is 13.3. The van der Waals surface area contributed by atoms with Crippen LogP contribution >= 0.6 is 23.2 Å². The predicted octanol–water partition coefficient (Wildman–Crippen LogP) is 2.70. The maximum atomic E-state index is 12.8. The number of rotatable bonds is 5. The van der Waals surface area contributed by atoms with E-state index in [9.17, 15) is 13.2 Å². The average Bonchev–Trinajstić information content (AvgIpc) is 2.66. The molecular formula is C18H18Cl2N2O4S. The van der Waals surface area contributed by atoms with Crippen LogP contribution in [0.1, 0.15) is 5.56 Å². The number of benzene rings is 2. The van der Waals surface area contributed by atoms with E-state index in [1.165, 1.54) is 16.4 Å². The Balaban J connectivity index is 1.67. The number of hydrogen-bond donors (Lipinski definition) is 1. The molecule has 0 saturated carbocycles. The fourth-order valence-corrected chi connectivity index (χ4v) is 4.88. The minimum atomic E-state index is -3.81. The molecule has 1 heterocycles. The van der Waals surface area contributed by atoms with Crippen molar-refractivity contribution in [3.63, 3.8) is 0 Å². The molecule has 0 radical (unpaired) electrons. The van der Waals surface area contributed by atoms with Crippen LogP contribution < -0.4 is 5.32 Å². The first kappa shape index (κ1) is 20.1. The number of nitrogens with zero attached hydrogens (tertiary/aromatic N) is 1. The Morgan fingerprint density at radius 3 is 2.70 bits per heavy atom. The predicted molar refractivity (Wildman–Crippen MR) is 103 cm³/mol. The normalized spacial score (nSPS) is 18.2. The zero-order chi connectivity index (χ0) is 19.4. The molecule has 0 spiro atoms. The van der Waals surface area contributed by atoms with Crippen LogP contribution in [-0.2, 0) is 26.1 Å². The Morgan fingerprint density at radius 2 is 1.96 bits per heavy atom. The second-order valence-corrected chi connectivity index (χ2v) is 8.75. The Bertz CT molecular complexity index is 936. The van der Waals surface area contributed by atoms with Crippen molar-refractivity contribution in [3.05, 3.63) is 64.1 Å². The van der Waals surface area contributed by atoms with E-state index in [1.54, 1.807) is 30.3 Å². The topological polar surface area (TPSA) is 75.7 Å². The molecule has 1 amide bonds. The summed E-state index contributed by atoms with van der Waals surface area (Å²) in [6.45, 7) is 0.482. The largest absolute Gasteiger partial charge is 0.366 e. The van der Waals surface area contributed by atoms with Crippen LogP contribution in [0.3, 0.4) is 0 Å². The minimum absolute atomic E-state index is 0.0200. The van der Waals surface area contributed by atoms with Crippen molar-refractivity contribution in [2.75, 3.05) is 19.7 Å². The highest BCUT2D eigenvalue weighted by Crippen LogP contribution is 2.25. The zero-order valence-electron chi connectivity index (χ0n) is 14.3. The fraction of sp³-hybridized carbons (Fsp3) is 0.278.